The van der Waals surface area contributed by atoms with E-state index in [1.807, 2.05) is 29.5 Å². The predicted molar refractivity (Wildman–Crippen MR) is 76.4 cm³/mol. The van der Waals surface area contributed by atoms with E-state index >= 15 is 0 Å². The molecule has 1 amide bonds. The highest BCUT2D eigenvalue weighted by atomic mass is 127. The summed E-state index contributed by atoms with van der Waals surface area (Å²) in [6.45, 7) is 1.61. The van der Waals surface area contributed by atoms with Gasteiger partial charge in [-0.1, -0.05) is 18.5 Å². The number of amides is 1. The standard InChI is InChI=1S/C12H13ClF2INO/c1-2-5-17(7-11(14)15)12(18)9-6-8(13)3-4-10(9)16/h3-4,6,11H,2,5,7H2,1H3. The fourth-order valence-electron chi connectivity index (χ4n) is 1.54. The first-order valence-electron chi connectivity index (χ1n) is 5.48. The molecule has 18 heavy (non-hydrogen) atoms. The Morgan fingerprint density at radius 2 is 2.17 bits per heavy atom. The Hall–Kier alpha value is -0.430. The van der Waals surface area contributed by atoms with Crippen molar-refractivity contribution in [1.29, 1.82) is 0 Å². The first-order valence-corrected chi connectivity index (χ1v) is 6.93. The van der Waals surface area contributed by atoms with Crippen molar-refractivity contribution in [3.63, 3.8) is 0 Å². The molecule has 0 aliphatic carbocycles. The molecule has 100 valence electrons. The highest BCUT2D eigenvalue weighted by Gasteiger charge is 2.21. The summed E-state index contributed by atoms with van der Waals surface area (Å²) in [5.41, 5.74) is 0.372. The molecule has 0 N–H and O–H groups in total. The third-order valence-electron chi connectivity index (χ3n) is 2.30. The van der Waals surface area contributed by atoms with Crippen LogP contribution in [0.15, 0.2) is 18.2 Å². The van der Waals surface area contributed by atoms with E-state index < -0.39 is 18.9 Å². The summed E-state index contributed by atoms with van der Waals surface area (Å²) in [7, 11) is 0. The Balaban J connectivity index is 2.97. The van der Waals surface area contributed by atoms with Gasteiger partial charge in [0.25, 0.3) is 12.3 Å². The molecule has 0 spiro atoms. The number of carbonyl (C=O) groups excluding carboxylic acids is 1. The van der Waals surface area contributed by atoms with Gasteiger partial charge in [-0.3, -0.25) is 4.79 Å². The molecule has 2 nitrogen and oxygen atoms in total. The number of benzene rings is 1. The molecule has 0 aliphatic heterocycles. The molecule has 1 rings (SSSR count). The van der Waals surface area contributed by atoms with Gasteiger partial charge in [0.05, 0.1) is 12.1 Å². The van der Waals surface area contributed by atoms with Crippen LogP contribution in [0, 0.1) is 3.57 Å². The van der Waals surface area contributed by atoms with Crippen LogP contribution in [0.4, 0.5) is 8.78 Å². The average molecular weight is 388 g/mol. The van der Waals surface area contributed by atoms with Crippen molar-refractivity contribution in [3.8, 4) is 0 Å². The zero-order valence-electron chi connectivity index (χ0n) is 9.80. The quantitative estimate of drug-likeness (QED) is 0.698. The van der Waals surface area contributed by atoms with Gasteiger partial charge in [0.2, 0.25) is 0 Å². The summed E-state index contributed by atoms with van der Waals surface area (Å²) >= 11 is 7.82. The van der Waals surface area contributed by atoms with Crippen molar-refractivity contribution in [2.45, 2.75) is 19.8 Å². The number of hydrogen-bond donors (Lipinski definition) is 0. The van der Waals surface area contributed by atoms with Crippen molar-refractivity contribution >= 4 is 40.1 Å². The minimum Gasteiger partial charge on any atom is -0.333 e. The van der Waals surface area contributed by atoms with E-state index in [-0.39, 0.29) is 0 Å². The lowest BCUT2D eigenvalue weighted by atomic mass is 10.2. The maximum atomic E-state index is 12.4. The van der Waals surface area contributed by atoms with E-state index in [0.29, 0.717) is 27.1 Å². The van der Waals surface area contributed by atoms with E-state index in [1.54, 1.807) is 12.1 Å². The third kappa shape index (κ3) is 4.35. The van der Waals surface area contributed by atoms with E-state index in [2.05, 4.69) is 0 Å². The largest absolute Gasteiger partial charge is 0.333 e. The highest BCUT2D eigenvalue weighted by Crippen LogP contribution is 2.20. The Morgan fingerprint density at radius 1 is 1.50 bits per heavy atom. The van der Waals surface area contributed by atoms with E-state index in [1.165, 1.54) is 11.0 Å². The third-order valence-corrected chi connectivity index (χ3v) is 3.47. The first-order chi connectivity index (χ1) is 8.45. The van der Waals surface area contributed by atoms with Crippen LogP contribution in [0.25, 0.3) is 0 Å². The zero-order valence-corrected chi connectivity index (χ0v) is 12.7. The highest BCUT2D eigenvalue weighted by molar-refractivity contribution is 14.1. The van der Waals surface area contributed by atoms with Gasteiger partial charge >= 0.3 is 0 Å². The molecule has 0 aromatic heterocycles. The number of hydrogen-bond acceptors (Lipinski definition) is 1. The maximum absolute atomic E-state index is 12.4. The molecule has 0 unspecified atom stereocenters. The minimum absolute atomic E-state index is 0.311. The molecule has 0 saturated carbocycles. The summed E-state index contributed by atoms with van der Waals surface area (Å²) in [4.78, 5) is 13.3. The van der Waals surface area contributed by atoms with Gasteiger partial charge in [0, 0.05) is 15.1 Å². The first kappa shape index (κ1) is 15.6. The summed E-state index contributed by atoms with van der Waals surface area (Å²) < 4.78 is 25.6. The van der Waals surface area contributed by atoms with Crippen LogP contribution in [0.2, 0.25) is 5.02 Å². The van der Waals surface area contributed by atoms with Gasteiger partial charge in [0.15, 0.2) is 0 Å². The number of rotatable bonds is 5. The number of carbonyl (C=O) groups is 1. The summed E-state index contributed by atoms with van der Waals surface area (Å²) in [5.74, 6) is -0.399. The fourth-order valence-corrected chi connectivity index (χ4v) is 2.28. The predicted octanol–water partition coefficient (Wildman–Crippen LogP) is 4.06. The molecule has 1 aromatic rings. The van der Waals surface area contributed by atoms with Crippen molar-refractivity contribution in [1.82, 2.24) is 4.90 Å². The molecule has 0 radical (unpaired) electrons. The zero-order chi connectivity index (χ0) is 13.7. The van der Waals surface area contributed by atoms with Crippen molar-refractivity contribution < 1.29 is 13.6 Å². The molecule has 0 bridgehead atoms. The smallest absolute Gasteiger partial charge is 0.255 e. The van der Waals surface area contributed by atoms with Crippen LogP contribution in [-0.4, -0.2) is 30.3 Å². The van der Waals surface area contributed by atoms with Gasteiger partial charge in [-0.2, -0.15) is 0 Å². The Labute approximate surface area is 123 Å². The van der Waals surface area contributed by atoms with Crippen molar-refractivity contribution in [2.24, 2.45) is 0 Å². The van der Waals surface area contributed by atoms with Gasteiger partial charge in [0.1, 0.15) is 0 Å². The Kier molecular flexibility index (Phi) is 6.28. The van der Waals surface area contributed by atoms with Crippen LogP contribution in [0.1, 0.15) is 23.7 Å². The Morgan fingerprint density at radius 3 is 2.72 bits per heavy atom. The van der Waals surface area contributed by atoms with Crippen LogP contribution in [0.3, 0.4) is 0 Å². The lowest BCUT2D eigenvalue weighted by molar-refractivity contribution is 0.0554. The van der Waals surface area contributed by atoms with Crippen LogP contribution in [-0.2, 0) is 0 Å². The average Bonchev–Trinajstić information content (AvgIpc) is 2.30. The van der Waals surface area contributed by atoms with Crippen LogP contribution < -0.4 is 0 Å². The molecule has 0 fully saturated rings. The molecular formula is C12H13ClF2INO. The molecule has 0 atom stereocenters. The van der Waals surface area contributed by atoms with Crippen LogP contribution >= 0.6 is 34.2 Å². The molecule has 0 saturated heterocycles. The second-order valence-electron chi connectivity index (χ2n) is 3.77. The summed E-state index contributed by atoms with van der Waals surface area (Å²) in [6.07, 6.45) is -1.90. The molecule has 1 aromatic carbocycles. The van der Waals surface area contributed by atoms with Crippen molar-refractivity contribution in [3.05, 3.63) is 32.4 Å². The lowest BCUT2D eigenvalue weighted by Crippen LogP contribution is -2.36. The number of nitrogens with zero attached hydrogens (tertiary/aromatic N) is 1. The van der Waals surface area contributed by atoms with Crippen molar-refractivity contribution in [2.75, 3.05) is 13.1 Å². The molecular weight excluding hydrogens is 374 g/mol. The molecule has 0 aliphatic rings. The lowest BCUT2D eigenvalue weighted by Gasteiger charge is -2.22. The SMILES string of the molecule is CCCN(CC(F)F)C(=O)c1cc(Cl)ccc1I. The van der Waals surface area contributed by atoms with E-state index in [0.717, 1.165) is 0 Å². The monoisotopic (exact) mass is 387 g/mol. The van der Waals surface area contributed by atoms with Gasteiger partial charge in [-0.15, -0.1) is 0 Å². The van der Waals surface area contributed by atoms with Gasteiger partial charge < -0.3 is 4.90 Å². The topological polar surface area (TPSA) is 20.3 Å². The van der Waals surface area contributed by atoms with E-state index in [4.69, 9.17) is 11.6 Å². The second-order valence-corrected chi connectivity index (χ2v) is 5.37. The maximum Gasteiger partial charge on any atom is 0.255 e. The number of halogens is 4. The van der Waals surface area contributed by atoms with Gasteiger partial charge in [-0.05, 0) is 47.2 Å². The minimum atomic E-state index is -2.53. The molecule has 0 heterocycles. The Bertz CT molecular complexity index is 429. The van der Waals surface area contributed by atoms with E-state index in [9.17, 15) is 13.6 Å². The number of alkyl halides is 2. The summed E-state index contributed by atoms with van der Waals surface area (Å²) in [6, 6.07) is 4.87. The fraction of sp³-hybridized carbons (Fsp3) is 0.417. The summed E-state index contributed by atoms with van der Waals surface area (Å²) in [5, 5.41) is 0.423. The molecule has 6 heteroatoms. The van der Waals surface area contributed by atoms with Gasteiger partial charge in [-0.25, -0.2) is 8.78 Å². The van der Waals surface area contributed by atoms with Crippen LogP contribution in [0.5, 0.6) is 0 Å². The second kappa shape index (κ2) is 7.23. The normalized spacial score (nSPS) is 10.8.